The lowest BCUT2D eigenvalue weighted by Gasteiger charge is -2.34. The van der Waals surface area contributed by atoms with Crippen molar-refractivity contribution in [1.29, 1.82) is 0 Å². The molecule has 0 unspecified atom stereocenters. The summed E-state index contributed by atoms with van der Waals surface area (Å²) < 4.78 is 0. The summed E-state index contributed by atoms with van der Waals surface area (Å²) in [6, 6.07) is 5.53. The molecule has 0 aliphatic heterocycles. The van der Waals surface area contributed by atoms with Crippen molar-refractivity contribution in [2.75, 3.05) is 18.6 Å². The van der Waals surface area contributed by atoms with Crippen LogP contribution in [0.1, 0.15) is 24.2 Å². The van der Waals surface area contributed by atoms with Crippen LogP contribution in [-0.2, 0) is 0 Å². The molecule has 1 aromatic carbocycles. The first-order valence-corrected chi connectivity index (χ1v) is 8.23. The zero-order valence-corrected chi connectivity index (χ0v) is 14.1. The van der Waals surface area contributed by atoms with Crippen LogP contribution in [-0.4, -0.2) is 35.0 Å². The molecule has 2 nitrogen and oxygen atoms in total. The van der Waals surface area contributed by atoms with Crippen LogP contribution < -0.4 is 0 Å². The second kappa shape index (κ2) is 6.31. The van der Waals surface area contributed by atoms with Gasteiger partial charge in [-0.1, -0.05) is 27.5 Å². The van der Waals surface area contributed by atoms with Crippen LogP contribution in [0.2, 0.25) is 5.02 Å². The summed E-state index contributed by atoms with van der Waals surface area (Å²) in [6.45, 7) is 4.01. The van der Waals surface area contributed by atoms with E-state index in [9.17, 15) is 4.79 Å². The average molecular weight is 351 g/mol. The summed E-state index contributed by atoms with van der Waals surface area (Å²) in [5.74, 6) is -0.0552. The molecule has 1 rings (SSSR count). The van der Waals surface area contributed by atoms with Gasteiger partial charge in [0.1, 0.15) is 0 Å². The molecule has 18 heavy (non-hydrogen) atoms. The molecule has 0 atom stereocenters. The SMILES string of the molecule is CSc1ccc(Cl)c(C(=O)N(C)C(C)(C)CBr)c1. The topological polar surface area (TPSA) is 20.3 Å². The Balaban J connectivity index is 3.11. The third kappa shape index (κ3) is 3.43. The van der Waals surface area contributed by atoms with Crippen molar-refractivity contribution in [2.45, 2.75) is 24.3 Å². The number of hydrogen-bond acceptors (Lipinski definition) is 2. The van der Waals surface area contributed by atoms with Crippen LogP contribution in [0, 0.1) is 0 Å². The summed E-state index contributed by atoms with van der Waals surface area (Å²) in [4.78, 5) is 15.2. The van der Waals surface area contributed by atoms with Gasteiger partial charge in [0.2, 0.25) is 0 Å². The summed E-state index contributed by atoms with van der Waals surface area (Å²) >= 11 is 11.1. The Labute approximate surface area is 126 Å². The molecule has 5 heteroatoms. The largest absolute Gasteiger partial charge is 0.336 e. The van der Waals surface area contributed by atoms with Crippen molar-refractivity contribution in [3.63, 3.8) is 0 Å². The van der Waals surface area contributed by atoms with Crippen LogP contribution in [0.15, 0.2) is 23.1 Å². The minimum absolute atomic E-state index is 0.0552. The molecule has 1 amide bonds. The Bertz CT molecular complexity index is 451. The quantitative estimate of drug-likeness (QED) is 0.596. The Morgan fingerprint density at radius 3 is 2.61 bits per heavy atom. The van der Waals surface area contributed by atoms with E-state index in [1.165, 1.54) is 0 Å². The Hall–Kier alpha value is -0.190. The van der Waals surface area contributed by atoms with E-state index >= 15 is 0 Å². The van der Waals surface area contributed by atoms with Gasteiger partial charge in [0.25, 0.3) is 5.91 Å². The number of carbonyl (C=O) groups excluding carboxylic acids is 1. The third-order valence-electron chi connectivity index (χ3n) is 2.94. The first-order chi connectivity index (χ1) is 8.33. The highest BCUT2D eigenvalue weighted by atomic mass is 79.9. The van der Waals surface area contributed by atoms with E-state index in [0.29, 0.717) is 15.9 Å². The molecule has 0 aliphatic rings. The van der Waals surface area contributed by atoms with Gasteiger partial charge in [-0.2, -0.15) is 0 Å². The van der Waals surface area contributed by atoms with Gasteiger partial charge in [-0.15, -0.1) is 11.8 Å². The summed E-state index contributed by atoms with van der Waals surface area (Å²) in [5, 5.41) is 1.21. The van der Waals surface area contributed by atoms with E-state index in [2.05, 4.69) is 15.9 Å². The van der Waals surface area contributed by atoms with E-state index in [1.54, 1.807) is 29.8 Å². The van der Waals surface area contributed by atoms with Crippen molar-refractivity contribution in [1.82, 2.24) is 4.90 Å². The van der Waals surface area contributed by atoms with E-state index in [-0.39, 0.29) is 11.4 Å². The van der Waals surface area contributed by atoms with Gasteiger partial charge >= 0.3 is 0 Å². The summed E-state index contributed by atoms with van der Waals surface area (Å²) in [7, 11) is 1.80. The lowest BCUT2D eigenvalue weighted by Crippen LogP contribution is -2.46. The summed E-state index contributed by atoms with van der Waals surface area (Å²) in [5.41, 5.74) is 0.301. The predicted octanol–water partition coefficient (Wildman–Crippen LogP) is 4.31. The van der Waals surface area contributed by atoms with Crippen molar-refractivity contribution in [3.8, 4) is 0 Å². The van der Waals surface area contributed by atoms with E-state index in [0.717, 1.165) is 4.90 Å². The van der Waals surface area contributed by atoms with Crippen LogP contribution in [0.3, 0.4) is 0 Å². The maximum atomic E-state index is 12.5. The second-order valence-corrected chi connectivity index (χ2v) is 6.50. The Kier molecular flexibility index (Phi) is 5.56. The second-order valence-electron chi connectivity index (χ2n) is 4.66. The molecular weight excluding hydrogens is 334 g/mol. The number of hydrogen-bond donors (Lipinski definition) is 0. The Morgan fingerprint density at radius 1 is 1.50 bits per heavy atom. The van der Waals surface area contributed by atoms with Crippen molar-refractivity contribution in [2.24, 2.45) is 0 Å². The number of alkyl halides is 1. The molecule has 0 aliphatic carbocycles. The van der Waals surface area contributed by atoms with E-state index < -0.39 is 0 Å². The van der Waals surface area contributed by atoms with Crippen LogP contribution >= 0.6 is 39.3 Å². The highest BCUT2D eigenvalue weighted by molar-refractivity contribution is 9.09. The minimum Gasteiger partial charge on any atom is -0.336 e. The minimum atomic E-state index is -0.254. The maximum Gasteiger partial charge on any atom is 0.255 e. The van der Waals surface area contributed by atoms with Gasteiger partial charge in [-0.05, 0) is 38.3 Å². The fourth-order valence-corrected chi connectivity index (χ4v) is 2.35. The molecule has 100 valence electrons. The predicted molar refractivity (Wildman–Crippen MR) is 83.2 cm³/mol. The highest BCUT2D eigenvalue weighted by Crippen LogP contribution is 2.26. The van der Waals surface area contributed by atoms with Gasteiger partial charge in [0.15, 0.2) is 0 Å². The zero-order valence-electron chi connectivity index (χ0n) is 11.0. The standard InChI is InChI=1S/C13H17BrClNOS/c1-13(2,8-14)16(3)12(17)10-7-9(18-4)5-6-11(10)15/h5-7H,8H2,1-4H3. The number of amides is 1. The molecule has 0 spiro atoms. The third-order valence-corrected chi connectivity index (χ3v) is 5.37. The highest BCUT2D eigenvalue weighted by Gasteiger charge is 2.28. The van der Waals surface area contributed by atoms with Crippen LogP contribution in [0.4, 0.5) is 0 Å². The normalized spacial score (nSPS) is 11.4. The zero-order chi connectivity index (χ0) is 13.9. The first kappa shape index (κ1) is 15.9. The molecule has 0 N–H and O–H groups in total. The van der Waals surface area contributed by atoms with E-state index in [4.69, 9.17) is 11.6 Å². The molecule has 0 bridgehead atoms. The monoisotopic (exact) mass is 349 g/mol. The number of halogens is 2. The fourth-order valence-electron chi connectivity index (χ4n) is 1.34. The number of rotatable bonds is 4. The van der Waals surface area contributed by atoms with Gasteiger partial charge < -0.3 is 4.90 Å². The van der Waals surface area contributed by atoms with Crippen molar-refractivity contribution >= 4 is 45.2 Å². The lowest BCUT2D eigenvalue weighted by atomic mass is 10.1. The van der Waals surface area contributed by atoms with Gasteiger partial charge in [0.05, 0.1) is 10.6 Å². The van der Waals surface area contributed by atoms with E-state index in [1.807, 2.05) is 32.2 Å². The molecule has 0 fully saturated rings. The first-order valence-electron chi connectivity index (χ1n) is 5.51. The van der Waals surface area contributed by atoms with Crippen LogP contribution in [0.5, 0.6) is 0 Å². The molecule has 0 aromatic heterocycles. The molecule has 1 aromatic rings. The molecular formula is C13H17BrClNOS. The molecule has 0 saturated carbocycles. The van der Waals surface area contributed by atoms with Gasteiger partial charge in [0, 0.05) is 22.8 Å². The maximum absolute atomic E-state index is 12.5. The van der Waals surface area contributed by atoms with Crippen LogP contribution in [0.25, 0.3) is 0 Å². The number of thioether (sulfide) groups is 1. The number of carbonyl (C=O) groups is 1. The van der Waals surface area contributed by atoms with Crippen molar-refractivity contribution in [3.05, 3.63) is 28.8 Å². The molecule has 0 radical (unpaired) electrons. The average Bonchev–Trinajstić information content (AvgIpc) is 2.37. The molecule has 0 saturated heterocycles. The van der Waals surface area contributed by atoms with Gasteiger partial charge in [-0.3, -0.25) is 4.79 Å². The lowest BCUT2D eigenvalue weighted by molar-refractivity contribution is 0.0663. The number of benzene rings is 1. The fraction of sp³-hybridized carbons (Fsp3) is 0.462. The van der Waals surface area contributed by atoms with Crippen molar-refractivity contribution < 1.29 is 4.79 Å². The number of nitrogens with zero attached hydrogens (tertiary/aromatic N) is 1. The van der Waals surface area contributed by atoms with Gasteiger partial charge in [-0.25, -0.2) is 0 Å². The molecule has 0 heterocycles. The summed E-state index contributed by atoms with van der Waals surface area (Å²) in [6.07, 6.45) is 1.98. The smallest absolute Gasteiger partial charge is 0.255 e. The Morgan fingerprint density at radius 2 is 2.11 bits per heavy atom.